The molecule has 7 heteroatoms. The van der Waals surface area contributed by atoms with Gasteiger partial charge < -0.3 is 20.7 Å². The number of carbonyl (C=O) groups excluding carboxylic acids is 1. The second kappa shape index (κ2) is 14.6. The molecule has 0 heterocycles. The third kappa shape index (κ3) is 12.4. The lowest BCUT2D eigenvalue weighted by molar-refractivity contribution is -0.121. The third-order valence-corrected chi connectivity index (χ3v) is 3.96. The van der Waals surface area contributed by atoms with E-state index in [4.69, 9.17) is 4.74 Å². The van der Waals surface area contributed by atoms with Crippen molar-refractivity contribution in [2.75, 3.05) is 26.2 Å². The first-order chi connectivity index (χ1) is 11.6. The molecule has 1 unspecified atom stereocenters. The molecular weight excluding hydrogens is 431 g/mol. The van der Waals surface area contributed by atoms with E-state index in [-0.39, 0.29) is 36.0 Å². The van der Waals surface area contributed by atoms with E-state index in [0.29, 0.717) is 24.9 Å². The highest BCUT2D eigenvalue weighted by Gasteiger charge is 2.22. The first-order valence-corrected chi connectivity index (χ1v) is 9.49. The minimum Gasteiger partial charge on any atom is -0.378 e. The summed E-state index contributed by atoms with van der Waals surface area (Å²) < 4.78 is 5.76. The average molecular weight is 468 g/mol. The van der Waals surface area contributed by atoms with Gasteiger partial charge in [-0.25, -0.2) is 0 Å². The van der Waals surface area contributed by atoms with Crippen LogP contribution < -0.4 is 16.0 Å². The molecule has 0 bridgehead atoms. The molecule has 1 atom stereocenters. The van der Waals surface area contributed by atoms with Crippen molar-refractivity contribution in [1.82, 2.24) is 16.0 Å². The largest absolute Gasteiger partial charge is 0.378 e. The van der Waals surface area contributed by atoms with Crippen LogP contribution in [-0.4, -0.2) is 50.3 Å². The lowest BCUT2D eigenvalue weighted by Crippen LogP contribution is -2.39. The van der Waals surface area contributed by atoms with Gasteiger partial charge in [-0.3, -0.25) is 9.79 Å². The van der Waals surface area contributed by atoms with Crippen LogP contribution >= 0.6 is 24.0 Å². The van der Waals surface area contributed by atoms with E-state index in [9.17, 15) is 4.79 Å². The molecule has 0 aromatic carbocycles. The fourth-order valence-corrected chi connectivity index (χ4v) is 2.46. The van der Waals surface area contributed by atoms with Crippen LogP contribution in [0.3, 0.4) is 0 Å². The SMILES string of the molecule is CCNC(=NCCCC(=O)NC1CC1)NCCC(OCC)C(C)C.I. The standard InChI is InChI=1S/C18H36N4O2.HI/c1-5-19-18(21-13-11-16(14(3)4)24-6-2)20-12-7-8-17(23)22-15-9-10-15;/h14-16H,5-13H2,1-4H3,(H,22,23)(H2,19,20,21);1H. The summed E-state index contributed by atoms with van der Waals surface area (Å²) in [6.45, 7) is 11.5. The van der Waals surface area contributed by atoms with E-state index in [2.05, 4.69) is 41.7 Å². The molecular formula is C18H37IN4O2. The number of hydrogen-bond donors (Lipinski definition) is 3. The Balaban J connectivity index is 0.00000576. The number of amides is 1. The molecule has 0 saturated heterocycles. The summed E-state index contributed by atoms with van der Waals surface area (Å²) in [7, 11) is 0. The third-order valence-electron chi connectivity index (χ3n) is 3.96. The zero-order valence-electron chi connectivity index (χ0n) is 16.3. The van der Waals surface area contributed by atoms with Gasteiger partial charge >= 0.3 is 0 Å². The van der Waals surface area contributed by atoms with E-state index in [1.165, 1.54) is 0 Å². The first-order valence-electron chi connectivity index (χ1n) is 9.49. The van der Waals surface area contributed by atoms with Crippen LogP contribution in [0, 0.1) is 5.92 Å². The lowest BCUT2D eigenvalue weighted by atomic mass is 10.0. The quantitative estimate of drug-likeness (QED) is 0.178. The predicted molar refractivity (Wildman–Crippen MR) is 115 cm³/mol. The van der Waals surface area contributed by atoms with Gasteiger partial charge in [0.1, 0.15) is 0 Å². The van der Waals surface area contributed by atoms with Crippen molar-refractivity contribution < 1.29 is 9.53 Å². The zero-order valence-corrected chi connectivity index (χ0v) is 18.6. The van der Waals surface area contributed by atoms with Gasteiger partial charge in [-0.2, -0.15) is 0 Å². The molecule has 0 aromatic rings. The zero-order chi connectivity index (χ0) is 17.8. The molecule has 1 rings (SSSR count). The fraction of sp³-hybridized carbons (Fsp3) is 0.889. The van der Waals surface area contributed by atoms with Crippen molar-refractivity contribution in [2.45, 2.75) is 71.9 Å². The maximum absolute atomic E-state index is 11.6. The summed E-state index contributed by atoms with van der Waals surface area (Å²) in [6, 6.07) is 0.444. The van der Waals surface area contributed by atoms with Crippen molar-refractivity contribution in [2.24, 2.45) is 10.9 Å². The Morgan fingerprint density at radius 2 is 1.96 bits per heavy atom. The summed E-state index contributed by atoms with van der Waals surface area (Å²) in [5.74, 6) is 1.48. The second-order valence-corrected chi connectivity index (χ2v) is 6.66. The summed E-state index contributed by atoms with van der Waals surface area (Å²) in [5, 5.41) is 9.60. The van der Waals surface area contributed by atoms with Crippen molar-refractivity contribution in [3.8, 4) is 0 Å². The van der Waals surface area contributed by atoms with Crippen molar-refractivity contribution in [3.05, 3.63) is 0 Å². The Hall–Kier alpha value is -0.570. The highest BCUT2D eigenvalue weighted by Crippen LogP contribution is 2.18. The van der Waals surface area contributed by atoms with Gasteiger partial charge in [-0.05, 0) is 45.4 Å². The van der Waals surface area contributed by atoms with Gasteiger partial charge in [0.2, 0.25) is 5.91 Å². The van der Waals surface area contributed by atoms with Crippen LogP contribution in [0.4, 0.5) is 0 Å². The average Bonchev–Trinajstić information content (AvgIpc) is 3.34. The van der Waals surface area contributed by atoms with Crippen molar-refractivity contribution in [1.29, 1.82) is 0 Å². The Morgan fingerprint density at radius 1 is 1.24 bits per heavy atom. The Bertz CT molecular complexity index is 387. The van der Waals surface area contributed by atoms with Gasteiger partial charge in [-0.1, -0.05) is 13.8 Å². The van der Waals surface area contributed by atoms with Gasteiger partial charge in [0.15, 0.2) is 5.96 Å². The summed E-state index contributed by atoms with van der Waals surface area (Å²) in [5.41, 5.74) is 0. The van der Waals surface area contributed by atoms with Gasteiger partial charge in [-0.15, -0.1) is 24.0 Å². The normalized spacial score (nSPS) is 15.5. The van der Waals surface area contributed by atoms with Crippen LogP contribution in [0.25, 0.3) is 0 Å². The molecule has 0 spiro atoms. The monoisotopic (exact) mass is 468 g/mol. The van der Waals surface area contributed by atoms with Crippen LogP contribution in [0.15, 0.2) is 4.99 Å². The smallest absolute Gasteiger partial charge is 0.220 e. The predicted octanol–water partition coefficient (Wildman–Crippen LogP) is 2.67. The van der Waals surface area contributed by atoms with E-state index in [0.717, 1.165) is 51.3 Å². The van der Waals surface area contributed by atoms with E-state index >= 15 is 0 Å². The summed E-state index contributed by atoms with van der Waals surface area (Å²) in [6.07, 6.45) is 4.84. The molecule has 1 saturated carbocycles. The Kier molecular flexibility index (Phi) is 14.3. The second-order valence-electron chi connectivity index (χ2n) is 6.66. The van der Waals surface area contributed by atoms with Gasteiger partial charge in [0.05, 0.1) is 6.10 Å². The van der Waals surface area contributed by atoms with Crippen molar-refractivity contribution in [3.63, 3.8) is 0 Å². The lowest BCUT2D eigenvalue weighted by Gasteiger charge is -2.21. The highest BCUT2D eigenvalue weighted by atomic mass is 127. The number of hydrogen-bond acceptors (Lipinski definition) is 3. The van der Waals surface area contributed by atoms with E-state index < -0.39 is 0 Å². The van der Waals surface area contributed by atoms with Crippen LogP contribution in [-0.2, 0) is 9.53 Å². The molecule has 0 aromatic heterocycles. The van der Waals surface area contributed by atoms with Crippen molar-refractivity contribution >= 4 is 35.8 Å². The number of rotatable bonds is 12. The van der Waals surface area contributed by atoms with Crippen LogP contribution in [0.1, 0.15) is 59.8 Å². The van der Waals surface area contributed by atoms with E-state index in [1.54, 1.807) is 0 Å². The number of nitrogens with one attached hydrogen (secondary N) is 3. The maximum Gasteiger partial charge on any atom is 0.220 e. The van der Waals surface area contributed by atoms with Crippen LogP contribution in [0.2, 0.25) is 0 Å². The minimum atomic E-state index is 0. The topological polar surface area (TPSA) is 74.8 Å². The maximum atomic E-state index is 11.6. The first kappa shape index (κ1) is 24.4. The molecule has 1 amide bonds. The molecule has 6 nitrogen and oxygen atoms in total. The summed E-state index contributed by atoms with van der Waals surface area (Å²) >= 11 is 0. The molecule has 1 aliphatic carbocycles. The van der Waals surface area contributed by atoms with E-state index in [1.807, 2.05) is 6.92 Å². The van der Waals surface area contributed by atoms with Crippen LogP contribution in [0.5, 0.6) is 0 Å². The number of carbonyl (C=O) groups is 1. The number of guanidine groups is 1. The molecule has 1 aliphatic rings. The number of aliphatic imine (C=N–C) groups is 1. The molecule has 148 valence electrons. The molecule has 0 aliphatic heterocycles. The number of nitrogens with zero attached hydrogens (tertiary/aromatic N) is 1. The molecule has 25 heavy (non-hydrogen) atoms. The van der Waals surface area contributed by atoms with Gasteiger partial charge in [0.25, 0.3) is 0 Å². The number of halogens is 1. The number of ether oxygens (including phenoxy) is 1. The summed E-state index contributed by atoms with van der Waals surface area (Å²) in [4.78, 5) is 16.2. The van der Waals surface area contributed by atoms with Gasteiger partial charge in [0, 0.05) is 38.7 Å². The highest BCUT2D eigenvalue weighted by molar-refractivity contribution is 14.0. The molecule has 3 N–H and O–H groups in total. The Labute approximate surface area is 170 Å². The molecule has 1 fully saturated rings. The molecule has 0 radical (unpaired) electrons. The minimum absolute atomic E-state index is 0. The Morgan fingerprint density at radius 3 is 2.52 bits per heavy atom. The fourth-order valence-electron chi connectivity index (χ4n) is 2.46.